The molecule has 7 nitrogen and oxygen atoms in total. The van der Waals surface area contributed by atoms with Gasteiger partial charge in [0.25, 0.3) is 5.91 Å². The summed E-state index contributed by atoms with van der Waals surface area (Å²) in [6, 6.07) is 0. The van der Waals surface area contributed by atoms with Crippen molar-refractivity contribution in [3.63, 3.8) is 0 Å². The van der Waals surface area contributed by atoms with E-state index in [0.717, 1.165) is 0 Å². The molecule has 1 saturated heterocycles. The van der Waals surface area contributed by atoms with Gasteiger partial charge in [-0.3, -0.25) is 9.78 Å². The molecule has 1 fully saturated rings. The van der Waals surface area contributed by atoms with Crippen LogP contribution < -0.4 is 5.73 Å². The van der Waals surface area contributed by atoms with Gasteiger partial charge in [-0.25, -0.2) is 4.98 Å². The Kier molecular flexibility index (Phi) is 3.73. The summed E-state index contributed by atoms with van der Waals surface area (Å²) in [5.41, 5.74) is 5.75. The summed E-state index contributed by atoms with van der Waals surface area (Å²) in [5.74, 6) is 0.0167. The van der Waals surface area contributed by atoms with E-state index in [0.29, 0.717) is 13.1 Å². The van der Waals surface area contributed by atoms with Crippen LogP contribution in [0.2, 0.25) is 0 Å². The van der Waals surface area contributed by atoms with Gasteiger partial charge < -0.3 is 20.1 Å². The average Bonchev–Trinajstić information content (AvgIpc) is 2.81. The summed E-state index contributed by atoms with van der Waals surface area (Å²) in [4.78, 5) is 21.6. The smallest absolute Gasteiger partial charge is 0.274 e. The molecule has 1 aliphatic heterocycles. The van der Waals surface area contributed by atoms with Crippen LogP contribution >= 0.6 is 0 Å². The minimum absolute atomic E-state index is 0.118. The maximum absolute atomic E-state index is 12.2. The Bertz CT molecular complexity index is 428. The number of aromatic nitrogens is 2. The molecule has 1 aromatic heterocycles. The fraction of sp³-hybridized carbons (Fsp3) is 0.545. The van der Waals surface area contributed by atoms with Crippen molar-refractivity contribution in [3.05, 3.63) is 18.1 Å². The van der Waals surface area contributed by atoms with Crippen molar-refractivity contribution < 1.29 is 14.3 Å². The molecular weight excluding hydrogens is 236 g/mol. The molecule has 2 atom stereocenters. The van der Waals surface area contributed by atoms with Crippen molar-refractivity contribution in [1.29, 1.82) is 0 Å². The number of carbonyl (C=O) groups excluding carboxylic acids is 1. The predicted octanol–water partition coefficient (Wildman–Crippen LogP) is -0.455. The van der Waals surface area contributed by atoms with Crippen LogP contribution in [0.15, 0.2) is 12.4 Å². The Morgan fingerprint density at radius 1 is 1.33 bits per heavy atom. The Labute approximate surface area is 105 Å². The van der Waals surface area contributed by atoms with Gasteiger partial charge in [-0.05, 0) is 0 Å². The summed E-state index contributed by atoms with van der Waals surface area (Å²) < 4.78 is 10.6. The molecule has 18 heavy (non-hydrogen) atoms. The molecule has 1 amide bonds. The van der Waals surface area contributed by atoms with Gasteiger partial charge in [0, 0.05) is 27.3 Å². The predicted molar refractivity (Wildman–Crippen MR) is 63.9 cm³/mol. The van der Waals surface area contributed by atoms with Crippen LogP contribution in [0.25, 0.3) is 0 Å². The molecule has 0 spiro atoms. The van der Waals surface area contributed by atoms with Crippen LogP contribution in [0.3, 0.4) is 0 Å². The van der Waals surface area contributed by atoms with E-state index in [4.69, 9.17) is 15.2 Å². The quantitative estimate of drug-likeness (QED) is 0.783. The number of hydrogen-bond donors (Lipinski definition) is 1. The Hall–Kier alpha value is -1.73. The highest BCUT2D eigenvalue weighted by molar-refractivity contribution is 5.92. The van der Waals surface area contributed by atoms with E-state index in [1.807, 2.05) is 0 Å². The summed E-state index contributed by atoms with van der Waals surface area (Å²) in [5, 5.41) is 0. The standard InChI is InChI=1S/C11H16N4O3/c1-17-8-5-15(6-9(8)18-2)11(16)7-3-13-4-10(12)14-7/h3-4,8-9H,5-6H2,1-2H3,(H2,12,14). The molecule has 98 valence electrons. The average molecular weight is 252 g/mol. The summed E-state index contributed by atoms with van der Waals surface area (Å²) >= 11 is 0. The number of rotatable bonds is 3. The molecule has 2 rings (SSSR count). The number of nitrogens with two attached hydrogens (primary N) is 1. The maximum atomic E-state index is 12.2. The van der Waals surface area contributed by atoms with Crippen molar-refractivity contribution in [2.75, 3.05) is 33.0 Å². The molecular formula is C11H16N4O3. The van der Waals surface area contributed by atoms with Gasteiger partial charge in [0.2, 0.25) is 0 Å². The van der Waals surface area contributed by atoms with Crippen LogP contribution in [0.5, 0.6) is 0 Å². The monoisotopic (exact) mass is 252 g/mol. The molecule has 0 bridgehead atoms. The van der Waals surface area contributed by atoms with Gasteiger partial charge in [0.1, 0.15) is 23.7 Å². The third kappa shape index (κ3) is 2.41. The Morgan fingerprint density at radius 3 is 2.44 bits per heavy atom. The number of likely N-dealkylation sites (tertiary alicyclic amines) is 1. The van der Waals surface area contributed by atoms with E-state index in [1.54, 1.807) is 19.1 Å². The lowest BCUT2D eigenvalue weighted by Gasteiger charge is -2.14. The van der Waals surface area contributed by atoms with Crippen molar-refractivity contribution in [1.82, 2.24) is 14.9 Å². The number of anilines is 1. The number of methoxy groups -OCH3 is 2. The molecule has 1 aromatic rings. The third-order valence-corrected chi connectivity index (χ3v) is 2.98. The highest BCUT2D eigenvalue weighted by atomic mass is 16.5. The Balaban J connectivity index is 2.11. The highest BCUT2D eigenvalue weighted by Crippen LogP contribution is 2.17. The van der Waals surface area contributed by atoms with E-state index in [9.17, 15) is 4.79 Å². The van der Waals surface area contributed by atoms with Crippen LogP contribution in [0.1, 0.15) is 10.5 Å². The lowest BCUT2D eigenvalue weighted by molar-refractivity contribution is -0.00461. The lowest BCUT2D eigenvalue weighted by atomic mass is 10.3. The van der Waals surface area contributed by atoms with E-state index in [1.165, 1.54) is 12.4 Å². The zero-order valence-electron chi connectivity index (χ0n) is 10.4. The van der Waals surface area contributed by atoms with Gasteiger partial charge in [0.05, 0.1) is 12.4 Å². The summed E-state index contributed by atoms with van der Waals surface area (Å²) in [6.07, 6.45) is 2.57. The second-order valence-corrected chi connectivity index (χ2v) is 4.09. The first-order valence-electron chi connectivity index (χ1n) is 5.58. The molecule has 0 radical (unpaired) electrons. The van der Waals surface area contributed by atoms with Crippen LogP contribution in [-0.4, -0.2) is 60.3 Å². The van der Waals surface area contributed by atoms with Gasteiger partial charge >= 0.3 is 0 Å². The molecule has 0 aliphatic carbocycles. The molecule has 1 aliphatic rings. The van der Waals surface area contributed by atoms with Gasteiger partial charge in [0.15, 0.2) is 0 Å². The fourth-order valence-electron chi connectivity index (χ4n) is 2.01. The number of amides is 1. The first kappa shape index (κ1) is 12.7. The zero-order chi connectivity index (χ0) is 13.1. The van der Waals surface area contributed by atoms with Crippen molar-refractivity contribution in [2.24, 2.45) is 0 Å². The first-order chi connectivity index (χ1) is 8.65. The molecule has 7 heteroatoms. The second-order valence-electron chi connectivity index (χ2n) is 4.09. The summed E-state index contributed by atoms with van der Waals surface area (Å²) in [6.45, 7) is 0.953. The molecule has 0 aromatic carbocycles. The van der Waals surface area contributed by atoms with E-state index >= 15 is 0 Å². The normalized spacial score (nSPS) is 23.3. The topological polar surface area (TPSA) is 90.6 Å². The summed E-state index contributed by atoms with van der Waals surface area (Å²) in [7, 11) is 3.20. The molecule has 2 N–H and O–H groups in total. The number of hydrogen-bond acceptors (Lipinski definition) is 6. The minimum Gasteiger partial charge on any atom is -0.382 e. The Morgan fingerprint density at radius 2 is 1.94 bits per heavy atom. The fourth-order valence-corrected chi connectivity index (χ4v) is 2.01. The van der Waals surface area contributed by atoms with Crippen LogP contribution in [0.4, 0.5) is 5.82 Å². The first-order valence-corrected chi connectivity index (χ1v) is 5.58. The maximum Gasteiger partial charge on any atom is 0.274 e. The van der Waals surface area contributed by atoms with Gasteiger partial charge in [-0.15, -0.1) is 0 Å². The van der Waals surface area contributed by atoms with Crippen LogP contribution in [0, 0.1) is 0 Å². The second kappa shape index (κ2) is 5.28. The largest absolute Gasteiger partial charge is 0.382 e. The van der Waals surface area contributed by atoms with E-state index < -0.39 is 0 Å². The van der Waals surface area contributed by atoms with Crippen LogP contribution in [-0.2, 0) is 9.47 Å². The van der Waals surface area contributed by atoms with Crippen molar-refractivity contribution in [2.45, 2.75) is 12.2 Å². The SMILES string of the molecule is COC1CN(C(=O)c2cncc(N)n2)CC1OC. The number of ether oxygens (including phenoxy) is 2. The number of nitrogens with zero attached hydrogens (tertiary/aromatic N) is 3. The van der Waals surface area contributed by atoms with E-state index in [-0.39, 0.29) is 29.6 Å². The van der Waals surface area contributed by atoms with Gasteiger partial charge in [-0.1, -0.05) is 0 Å². The van der Waals surface area contributed by atoms with Gasteiger partial charge in [-0.2, -0.15) is 0 Å². The minimum atomic E-state index is -0.212. The van der Waals surface area contributed by atoms with Crippen molar-refractivity contribution in [3.8, 4) is 0 Å². The molecule has 2 unspecified atom stereocenters. The number of carbonyl (C=O) groups is 1. The highest BCUT2D eigenvalue weighted by Gasteiger charge is 2.36. The molecule has 2 heterocycles. The van der Waals surface area contributed by atoms with E-state index in [2.05, 4.69) is 9.97 Å². The number of nitrogen functional groups attached to an aromatic ring is 1. The van der Waals surface area contributed by atoms with Crippen molar-refractivity contribution >= 4 is 11.7 Å². The zero-order valence-corrected chi connectivity index (χ0v) is 10.4. The third-order valence-electron chi connectivity index (χ3n) is 2.98. The molecule has 0 saturated carbocycles. The lowest BCUT2D eigenvalue weighted by Crippen LogP contribution is -2.31.